The van der Waals surface area contributed by atoms with E-state index in [-0.39, 0.29) is 17.5 Å². The first kappa shape index (κ1) is 21.1. The molecule has 0 spiro atoms. The van der Waals surface area contributed by atoms with E-state index in [1.54, 1.807) is 30.9 Å². The lowest BCUT2D eigenvalue weighted by Gasteiger charge is -2.39. The summed E-state index contributed by atoms with van der Waals surface area (Å²) in [6.45, 7) is 4.87. The van der Waals surface area contributed by atoms with E-state index >= 15 is 0 Å². The average molecular weight is 421 g/mol. The number of hydrogen-bond acceptors (Lipinski definition) is 5. The van der Waals surface area contributed by atoms with E-state index in [4.69, 9.17) is 9.72 Å². The zero-order valence-corrected chi connectivity index (χ0v) is 18.2. The van der Waals surface area contributed by atoms with Crippen molar-refractivity contribution in [3.8, 4) is 5.75 Å². The fraction of sp³-hybridized carbons (Fsp3) is 0.375. The minimum Gasteiger partial charge on any atom is -0.497 e. The van der Waals surface area contributed by atoms with Crippen LogP contribution in [0, 0.1) is 0 Å². The number of carbonyl (C=O) groups excluding carboxylic acids is 1. The van der Waals surface area contributed by atoms with Crippen LogP contribution in [0.25, 0.3) is 10.9 Å². The molecule has 31 heavy (non-hydrogen) atoms. The minimum atomic E-state index is -0.0210. The van der Waals surface area contributed by atoms with Crippen molar-refractivity contribution in [2.45, 2.75) is 19.4 Å². The summed E-state index contributed by atoms with van der Waals surface area (Å²) in [5.74, 6) is 1.55. The number of ether oxygens (including phenoxy) is 1. The summed E-state index contributed by atoms with van der Waals surface area (Å²) < 4.78 is 6.84. The number of aromatic nitrogens is 2. The van der Waals surface area contributed by atoms with E-state index in [0.717, 1.165) is 36.6 Å². The summed E-state index contributed by atoms with van der Waals surface area (Å²) in [5, 5.41) is 0.638. The lowest BCUT2D eigenvalue weighted by Crippen LogP contribution is -2.50. The Labute approximate surface area is 181 Å². The number of hydrogen-bond donors (Lipinski definition) is 0. The van der Waals surface area contributed by atoms with E-state index in [9.17, 15) is 9.59 Å². The fourth-order valence-corrected chi connectivity index (χ4v) is 4.29. The third-order valence-electron chi connectivity index (χ3n) is 6.08. The molecular weight excluding hydrogens is 392 g/mol. The van der Waals surface area contributed by atoms with Gasteiger partial charge in [0, 0.05) is 38.8 Å². The van der Waals surface area contributed by atoms with Crippen LogP contribution >= 0.6 is 0 Å². The fourth-order valence-electron chi connectivity index (χ4n) is 4.29. The van der Waals surface area contributed by atoms with Gasteiger partial charge in [-0.3, -0.25) is 19.1 Å². The first-order chi connectivity index (χ1) is 15.0. The standard InChI is InChI=1S/C24H28N4O3/c1-4-21(22-25-20-8-6-5-7-19(20)24(30)26(22)2)27-13-15-28(16-14-27)23(29)17-9-11-18(31-3)12-10-17/h5-12,21H,4,13-16H2,1-3H3. The normalized spacial score (nSPS) is 15.8. The molecule has 0 radical (unpaired) electrons. The van der Waals surface area contributed by atoms with Crippen molar-refractivity contribution in [3.05, 3.63) is 70.3 Å². The van der Waals surface area contributed by atoms with Crippen LogP contribution in [0.5, 0.6) is 5.75 Å². The van der Waals surface area contributed by atoms with Crippen LogP contribution in [-0.4, -0.2) is 58.5 Å². The maximum Gasteiger partial charge on any atom is 0.261 e. The molecule has 7 nitrogen and oxygen atoms in total. The number of piperazine rings is 1. The predicted molar refractivity (Wildman–Crippen MR) is 120 cm³/mol. The van der Waals surface area contributed by atoms with Gasteiger partial charge < -0.3 is 9.64 Å². The highest BCUT2D eigenvalue weighted by atomic mass is 16.5. The second kappa shape index (κ2) is 8.89. The Morgan fingerprint density at radius 1 is 1.06 bits per heavy atom. The Bertz CT molecular complexity index is 1130. The summed E-state index contributed by atoms with van der Waals surface area (Å²) in [7, 11) is 3.41. The van der Waals surface area contributed by atoms with E-state index in [0.29, 0.717) is 24.0 Å². The molecule has 1 aliphatic heterocycles. The summed E-state index contributed by atoms with van der Waals surface area (Å²) >= 11 is 0. The average Bonchev–Trinajstić information content (AvgIpc) is 2.82. The molecule has 1 aliphatic rings. The molecule has 0 bridgehead atoms. The number of nitrogens with zero attached hydrogens (tertiary/aromatic N) is 4. The monoisotopic (exact) mass is 420 g/mol. The zero-order chi connectivity index (χ0) is 22.0. The molecule has 1 aromatic heterocycles. The Hall–Kier alpha value is -3.19. The maximum atomic E-state index is 12.9. The summed E-state index contributed by atoms with van der Waals surface area (Å²) in [6.07, 6.45) is 0.838. The van der Waals surface area contributed by atoms with E-state index in [1.165, 1.54) is 0 Å². The van der Waals surface area contributed by atoms with Gasteiger partial charge in [-0.2, -0.15) is 0 Å². The SMILES string of the molecule is CCC(c1nc2ccccc2c(=O)n1C)N1CCN(C(=O)c2ccc(OC)cc2)CC1. The first-order valence-corrected chi connectivity index (χ1v) is 10.7. The molecular formula is C24H28N4O3. The number of fused-ring (bicyclic) bond motifs is 1. The highest BCUT2D eigenvalue weighted by molar-refractivity contribution is 5.94. The van der Waals surface area contributed by atoms with Gasteiger partial charge in [0.1, 0.15) is 11.6 Å². The lowest BCUT2D eigenvalue weighted by atomic mass is 10.1. The molecule has 2 heterocycles. The van der Waals surface area contributed by atoms with Gasteiger partial charge in [-0.1, -0.05) is 19.1 Å². The number of rotatable bonds is 5. The highest BCUT2D eigenvalue weighted by Crippen LogP contribution is 2.25. The van der Waals surface area contributed by atoms with Crippen molar-refractivity contribution in [1.82, 2.24) is 19.4 Å². The van der Waals surface area contributed by atoms with Crippen LogP contribution in [0.15, 0.2) is 53.3 Å². The Morgan fingerprint density at radius 3 is 2.39 bits per heavy atom. The number of amides is 1. The summed E-state index contributed by atoms with van der Waals surface area (Å²) in [4.78, 5) is 34.8. The molecule has 1 atom stereocenters. The Balaban J connectivity index is 1.51. The van der Waals surface area contributed by atoms with E-state index in [1.807, 2.05) is 41.3 Å². The molecule has 0 aliphatic carbocycles. The van der Waals surface area contributed by atoms with E-state index < -0.39 is 0 Å². The molecule has 0 N–H and O–H groups in total. The smallest absolute Gasteiger partial charge is 0.261 e. The number of carbonyl (C=O) groups is 1. The molecule has 0 saturated carbocycles. The van der Waals surface area contributed by atoms with Crippen molar-refractivity contribution in [1.29, 1.82) is 0 Å². The molecule has 1 saturated heterocycles. The van der Waals surface area contributed by atoms with Gasteiger partial charge in [-0.05, 0) is 42.8 Å². The molecule has 3 aromatic rings. The summed E-state index contributed by atoms with van der Waals surface area (Å²) in [5.41, 5.74) is 1.37. The van der Waals surface area contributed by atoms with Crippen LogP contribution in [0.4, 0.5) is 0 Å². The van der Waals surface area contributed by atoms with Crippen LogP contribution in [0.2, 0.25) is 0 Å². The second-order valence-electron chi connectivity index (χ2n) is 7.83. The van der Waals surface area contributed by atoms with Gasteiger partial charge in [0.15, 0.2) is 0 Å². The van der Waals surface area contributed by atoms with Gasteiger partial charge >= 0.3 is 0 Å². The topological polar surface area (TPSA) is 67.7 Å². The third kappa shape index (κ3) is 4.05. The van der Waals surface area contributed by atoms with Crippen molar-refractivity contribution in [3.63, 3.8) is 0 Å². The molecule has 7 heteroatoms. The molecule has 2 aromatic carbocycles. The minimum absolute atomic E-state index is 0.0210. The predicted octanol–water partition coefficient (Wildman–Crippen LogP) is 2.85. The van der Waals surface area contributed by atoms with Gasteiger partial charge in [-0.15, -0.1) is 0 Å². The van der Waals surface area contributed by atoms with Gasteiger partial charge in [0.05, 0.1) is 24.1 Å². The molecule has 1 amide bonds. The highest BCUT2D eigenvalue weighted by Gasteiger charge is 2.29. The van der Waals surface area contributed by atoms with Gasteiger partial charge in [-0.25, -0.2) is 4.98 Å². The number of methoxy groups -OCH3 is 1. The largest absolute Gasteiger partial charge is 0.497 e. The quantitative estimate of drug-likeness (QED) is 0.635. The van der Waals surface area contributed by atoms with Gasteiger partial charge in [0.25, 0.3) is 11.5 Å². The van der Waals surface area contributed by atoms with Crippen molar-refractivity contribution < 1.29 is 9.53 Å². The van der Waals surface area contributed by atoms with Gasteiger partial charge in [0.2, 0.25) is 0 Å². The van der Waals surface area contributed by atoms with Crippen molar-refractivity contribution >= 4 is 16.8 Å². The van der Waals surface area contributed by atoms with E-state index in [2.05, 4.69) is 11.8 Å². The second-order valence-corrected chi connectivity index (χ2v) is 7.83. The number of para-hydroxylation sites is 1. The van der Waals surface area contributed by atoms with Crippen molar-refractivity contribution in [2.24, 2.45) is 7.05 Å². The lowest BCUT2D eigenvalue weighted by molar-refractivity contribution is 0.0550. The Kier molecular flexibility index (Phi) is 6.04. The number of benzene rings is 2. The van der Waals surface area contributed by atoms with Crippen LogP contribution < -0.4 is 10.3 Å². The Morgan fingerprint density at radius 2 is 1.74 bits per heavy atom. The van der Waals surface area contributed by atoms with Crippen molar-refractivity contribution in [2.75, 3.05) is 33.3 Å². The first-order valence-electron chi connectivity index (χ1n) is 10.7. The molecule has 1 unspecified atom stereocenters. The third-order valence-corrected chi connectivity index (χ3v) is 6.08. The summed E-state index contributed by atoms with van der Waals surface area (Å²) in [6, 6.07) is 14.7. The van der Waals surface area contributed by atoms with Crippen LogP contribution in [0.3, 0.4) is 0 Å². The maximum absolute atomic E-state index is 12.9. The zero-order valence-electron chi connectivity index (χ0n) is 18.2. The molecule has 4 rings (SSSR count). The van der Waals surface area contributed by atoms with Crippen LogP contribution in [0.1, 0.15) is 35.6 Å². The molecule has 1 fully saturated rings. The molecule has 162 valence electrons. The van der Waals surface area contributed by atoms with Crippen LogP contribution in [-0.2, 0) is 7.05 Å².